The lowest BCUT2D eigenvalue weighted by atomic mass is 10.1. The molecule has 1 N–H and O–H groups in total. The first kappa shape index (κ1) is 13.8. The molecule has 4 heteroatoms. The van der Waals surface area contributed by atoms with Crippen LogP contribution in [0.4, 0.5) is 10.5 Å². The summed E-state index contributed by atoms with van der Waals surface area (Å²) in [6, 6.07) is 5.60. The van der Waals surface area contributed by atoms with Crippen molar-refractivity contribution in [1.82, 2.24) is 0 Å². The minimum Gasteiger partial charge on any atom is -0.444 e. The Morgan fingerprint density at radius 2 is 2.06 bits per heavy atom. The summed E-state index contributed by atoms with van der Waals surface area (Å²) < 4.78 is 5.16. The number of hydrogen-bond acceptors (Lipinski definition) is 2. The van der Waals surface area contributed by atoms with Crippen molar-refractivity contribution in [3.8, 4) is 0 Å². The predicted molar refractivity (Wildman–Crippen MR) is 70.6 cm³/mol. The standard InChI is InChI=1S/C13H18ClNO2/c1-9-5-6-11(7-10(9)8-14)15-12(16)17-13(2,3)4/h5-7H,8H2,1-4H3,(H,15,16). The average Bonchev–Trinajstić information content (AvgIpc) is 2.18. The summed E-state index contributed by atoms with van der Waals surface area (Å²) in [6.45, 7) is 7.46. The molecule has 0 spiro atoms. The molecule has 0 radical (unpaired) electrons. The Bertz CT molecular complexity index is 410. The number of carbonyl (C=O) groups excluding carboxylic acids is 1. The van der Waals surface area contributed by atoms with E-state index in [1.807, 2.05) is 45.9 Å². The van der Waals surface area contributed by atoms with Gasteiger partial charge in [-0.25, -0.2) is 4.79 Å². The van der Waals surface area contributed by atoms with Crippen molar-refractivity contribution in [2.75, 3.05) is 5.32 Å². The monoisotopic (exact) mass is 255 g/mol. The number of halogens is 1. The molecule has 1 aromatic rings. The summed E-state index contributed by atoms with van der Waals surface area (Å²) in [5, 5.41) is 2.68. The third-order valence-corrected chi connectivity index (χ3v) is 2.43. The molecule has 1 aromatic carbocycles. The van der Waals surface area contributed by atoms with E-state index in [9.17, 15) is 4.79 Å². The molecule has 0 aliphatic heterocycles. The predicted octanol–water partition coefficient (Wildman–Crippen LogP) is 4.08. The van der Waals surface area contributed by atoms with E-state index in [1.54, 1.807) is 0 Å². The van der Waals surface area contributed by atoms with Gasteiger partial charge in [-0.1, -0.05) is 6.07 Å². The maximum atomic E-state index is 11.5. The molecule has 0 aromatic heterocycles. The molecule has 3 nitrogen and oxygen atoms in total. The fourth-order valence-electron chi connectivity index (χ4n) is 1.31. The highest BCUT2D eigenvalue weighted by molar-refractivity contribution is 6.17. The summed E-state index contributed by atoms with van der Waals surface area (Å²) in [5.74, 6) is 0.426. The van der Waals surface area contributed by atoms with Crippen molar-refractivity contribution in [3.63, 3.8) is 0 Å². The van der Waals surface area contributed by atoms with E-state index in [0.29, 0.717) is 11.6 Å². The maximum absolute atomic E-state index is 11.5. The Labute approximate surface area is 107 Å². The minimum atomic E-state index is -0.496. The van der Waals surface area contributed by atoms with Crippen molar-refractivity contribution in [1.29, 1.82) is 0 Å². The Morgan fingerprint density at radius 1 is 1.41 bits per heavy atom. The van der Waals surface area contributed by atoms with E-state index in [1.165, 1.54) is 0 Å². The molecule has 94 valence electrons. The first-order chi connectivity index (χ1) is 7.81. The van der Waals surface area contributed by atoms with Gasteiger partial charge in [-0.15, -0.1) is 11.6 Å². The van der Waals surface area contributed by atoms with Crippen LogP contribution in [0.15, 0.2) is 18.2 Å². The van der Waals surface area contributed by atoms with Crippen LogP contribution in [0.5, 0.6) is 0 Å². The third kappa shape index (κ3) is 4.65. The van der Waals surface area contributed by atoms with E-state index in [0.717, 1.165) is 11.1 Å². The minimum absolute atomic E-state index is 0.426. The summed E-state index contributed by atoms with van der Waals surface area (Å²) in [7, 11) is 0. The molecule has 0 aliphatic carbocycles. The number of amides is 1. The van der Waals surface area contributed by atoms with Crippen LogP contribution in [0.1, 0.15) is 31.9 Å². The Kier molecular flexibility index (Phi) is 4.40. The van der Waals surface area contributed by atoms with Gasteiger partial charge in [-0.05, 0) is 51.0 Å². The highest BCUT2D eigenvalue weighted by Crippen LogP contribution is 2.18. The lowest BCUT2D eigenvalue weighted by molar-refractivity contribution is 0.0636. The van der Waals surface area contributed by atoms with Crippen LogP contribution in [0.25, 0.3) is 0 Å². The third-order valence-electron chi connectivity index (χ3n) is 2.14. The molecule has 0 fully saturated rings. The number of benzene rings is 1. The van der Waals surface area contributed by atoms with Gasteiger partial charge < -0.3 is 4.74 Å². The zero-order valence-electron chi connectivity index (χ0n) is 10.6. The first-order valence-corrected chi connectivity index (χ1v) is 6.01. The van der Waals surface area contributed by atoms with Crippen molar-refractivity contribution >= 4 is 23.4 Å². The van der Waals surface area contributed by atoms with Crippen molar-refractivity contribution in [2.45, 2.75) is 39.2 Å². The van der Waals surface area contributed by atoms with Crippen LogP contribution in [-0.4, -0.2) is 11.7 Å². The van der Waals surface area contributed by atoms with E-state index in [4.69, 9.17) is 16.3 Å². The second-order valence-corrected chi connectivity index (χ2v) is 5.17. The molecule has 1 amide bonds. The number of rotatable bonds is 2. The molecule has 0 bridgehead atoms. The number of alkyl halides is 1. The smallest absolute Gasteiger partial charge is 0.412 e. The van der Waals surface area contributed by atoms with Crippen LogP contribution in [0.3, 0.4) is 0 Å². The molecular weight excluding hydrogens is 238 g/mol. The average molecular weight is 256 g/mol. The number of nitrogens with one attached hydrogen (secondary N) is 1. The highest BCUT2D eigenvalue weighted by atomic mass is 35.5. The van der Waals surface area contributed by atoms with Gasteiger partial charge in [0.2, 0.25) is 0 Å². The molecular formula is C13H18ClNO2. The topological polar surface area (TPSA) is 38.3 Å². The maximum Gasteiger partial charge on any atom is 0.412 e. The molecule has 1 rings (SSSR count). The Morgan fingerprint density at radius 3 is 2.59 bits per heavy atom. The van der Waals surface area contributed by atoms with Gasteiger partial charge in [0.1, 0.15) is 5.60 Å². The van der Waals surface area contributed by atoms with Gasteiger partial charge in [0.15, 0.2) is 0 Å². The van der Waals surface area contributed by atoms with Crippen LogP contribution in [-0.2, 0) is 10.6 Å². The quantitative estimate of drug-likeness (QED) is 0.809. The van der Waals surface area contributed by atoms with Crippen molar-refractivity contribution < 1.29 is 9.53 Å². The number of aryl methyl sites for hydroxylation is 1. The van der Waals surface area contributed by atoms with Crippen LogP contribution in [0.2, 0.25) is 0 Å². The summed E-state index contributed by atoms with van der Waals surface area (Å²) >= 11 is 5.80. The fraction of sp³-hybridized carbons (Fsp3) is 0.462. The number of hydrogen-bond donors (Lipinski definition) is 1. The molecule has 0 saturated carbocycles. The Hall–Kier alpha value is -1.22. The Balaban J connectivity index is 2.72. The summed E-state index contributed by atoms with van der Waals surface area (Å²) in [6.07, 6.45) is -0.457. The summed E-state index contributed by atoms with van der Waals surface area (Å²) in [4.78, 5) is 11.5. The van der Waals surface area contributed by atoms with Gasteiger partial charge in [0.25, 0.3) is 0 Å². The second-order valence-electron chi connectivity index (χ2n) is 4.90. The van der Waals surface area contributed by atoms with E-state index < -0.39 is 11.7 Å². The number of ether oxygens (including phenoxy) is 1. The lowest BCUT2D eigenvalue weighted by Crippen LogP contribution is -2.27. The van der Waals surface area contributed by atoms with Gasteiger partial charge in [0.05, 0.1) is 0 Å². The molecule has 0 heterocycles. The van der Waals surface area contributed by atoms with Crippen LogP contribution >= 0.6 is 11.6 Å². The normalized spacial score (nSPS) is 11.1. The second kappa shape index (κ2) is 5.41. The SMILES string of the molecule is Cc1ccc(NC(=O)OC(C)(C)C)cc1CCl. The van der Waals surface area contributed by atoms with Gasteiger partial charge >= 0.3 is 6.09 Å². The molecule has 0 aliphatic rings. The first-order valence-electron chi connectivity index (χ1n) is 5.47. The van der Waals surface area contributed by atoms with E-state index >= 15 is 0 Å². The van der Waals surface area contributed by atoms with Crippen LogP contribution < -0.4 is 5.32 Å². The van der Waals surface area contributed by atoms with Crippen molar-refractivity contribution in [2.24, 2.45) is 0 Å². The number of carbonyl (C=O) groups is 1. The summed E-state index contributed by atoms with van der Waals surface area (Å²) in [5.41, 5.74) is 2.31. The molecule has 0 unspecified atom stereocenters. The van der Waals surface area contributed by atoms with Crippen molar-refractivity contribution in [3.05, 3.63) is 29.3 Å². The molecule has 0 saturated heterocycles. The van der Waals surface area contributed by atoms with E-state index in [2.05, 4.69) is 5.32 Å². The molecule has 17 heavy (non-hydrogen) atoms. The van der Waals surface area contributed by atoms with Crippen LogP contribution in [0, 0.1) is 6.92 Å². The fourth-order valence-corrected chi connectivity index (χ4v) is 1.60. The zero-order chi connectivity index (χ0) is 13.1. The van der Waals surface area contributed by atoms with Gasteiger partial charge in [-0.3, -0.25) is 5.32 Å². The molecule has 0 atom stereocenters. The highest BCUT2D eigenvalue weighted by Gasteiger charge is 2.16. The van der Waals surface area contributed by atoms with E-state index in [-0.39, 0.29) is 0 Å². The largest absolute Gasteiger partial charge is 0.444 e. The van der Waals surface area contributed by atoms with Gasteiger partial charge in [0, 0.05) is 11.6 Å². The number of anilines is 1. The lowest BCUT2D eigenvalue weighted by Gasteiger charge is -2.19. The zero-order valence-corrected chi connectivity index (χ0v) is 11.4. The van der Waals surface area contributed by atoms with Gasteiger partial charge in [-0.2, -0.15) is 0 Å².